The number of fused-ring (bicyclic) bond motifs is 3. The summed E-state index contributed by atoms with van der Waals surface area (Å²) in [6.45, 7) is 2.50. The Balaban J connectivity index is 2.04. The van der Waals surface area contributed by atoms with Crippen molar-refractivity contribution < 1.29 is 0 Å². The van der Waals surface area contributed by atoms with Crippen molar-refractivity contribution in [1.29, 1.82) is 0 Å². The van der Waals surface area contributed by atoms with Crippen molar-refractivity contribution in [2.75, 3.05) is 0 Å². The first kappa shape index (κ1) is 3.92. The standard InChI is InChI=1S/C8H12/c1-8-4-6(8)2-5-3-7(5)8/h5-7H,2-4H2,1H3. The molecule has 0 bridgehead atoms. The lowest BCUT2D eigenvalue weighted by Crippen LogP contribution is -1.94. The summed E-state index contributed by atoms with van der Waals surface area (Å²) in [5.74, 6) is 3.59. The monoisotopic (exact) mass is 108 g/mol. The van der Waals surface area contributed by atoms with Crippen molar-refractivity contribution in [1.82, 2.24) is 0 Å². The zero-order valence-electron chi connectivity index (χ0n) is 5.35. The molecule has 3 fully saturated rings. The average Bonchev–Trinajstić information content (AvgIpc) is 2.52. The second-order valence-corrected chi connectivity index (χ2v) is 4.24. The molecule has 4 unspecified atom stereocenters. The van der Waals surface area contributed by atoms with E-state index in [1.807, 2.05) is 0 Å². The van der Waals surface area contributed by atoms with E-state index in [9.17, 15) is 0 Å². The van der Waals surface area contributed by atoms with Gasteiger partial charge in [-0.2, -0.15) is 0 Å². The van der Waals surface area contributed by atoms with Crippen molar-refractivity contribution in [2.45, 2.75) is 26.2 Å². The summed E-state index contributed by atoms with van der Waals surface area (Å²) in [6, 6.07) is 0. The highest BCUT2D eigenvalue weighted by Crippen LogP contribution is 2.77. The summed E-state index contributed by atoms with van der Waals surface area (Å²) in [5, 5.41) is 0. The summed E-state index contributed by atoms with van der Waals surface area (Å²) in [4.78, 5) is 0. The van der Waals surface area contributed by atoms with Gasteiger partial charge in [0.15, 0.2) is 0 Å². The lowest BCUT2D eigenvalue weighted by Gasteiger charge is -2.00. The van der Waals surface area contributed by atoms with Crippen LogP contribution >= 0.6 is 0 Å². The first-order valence-electron chi connectivity index (χ1n) is 3.81. The highest BCUT2D eigenvalue weighted by molar-refractivity contribution is 5.18. The van der Waals surface area contributed by atoms with Crippen molar-refractivity contribution in [3.63, 3.8) is 0 Å². The molecule has 0 radical (unpaired) electrons. The smallest absolute Gasteiger partial charge is 0.0263 e. The van der Waals surface area contributed by atoms with E-state index in [4.69, 9.17) is 0 Å². The Labute approximate surface area is 50.3 Å². The number of hydrogen-bond acceptors (Lipinski definition) is 0. The number of hydrogen-bond donors (Lipinski definition) is 0. The van der Waals surface area contributed by atoms with E-state index < -0.39 is 0 Å². The first-order chi connectivity index (χ1) is 3.81. The number of rotatable bonds is 0. The lowest BCUT2D eigenvalue weighted by molar-refractivity contribution is 0.481. The van der Waals surface area contributed by atoms with Gasteiger partial charge >= 0.3 is 0 Å². The maximum absolute atomic E-state index is 2.50. The summed E-state index contributed by atoms with van der Waals surface area (Å²) >= 11 is 0. The summed E-state index contributed by atoms with van der Waals surface area (Å²) < 4.78 is 0. The molecule has 3 aliphatic carbocycles. The van der Waals surface area contributed by atoms with Crippen molar-refractivity contribution >= 4 is 0 Å². The van der Waals surface area contributed by atoms with Gasteiger partial charge in [0.05, 0.1) is 0 Å². The SMILES string of the molecule is CC12CC1CC1CC12. The molecule has 0 nitrogen and oxygen atoms in total. The Morgan fingerprint density at radius 2 is 2.25 bits per heavy atom. The van der Waals surface area contributed by atoms with Crippen LogP contribution in [-0.4, -0.2) is 0 Å². The molecule has 3 aliphatic rings. The molecule has 0 aromatic carbocycles. The van der Waals surface area contributed by atoms with Crippen LogP contribution in [0.4, 0.5) is 0 Å². The predicted molar refractivity (Wildman–Crippen MR) is 32.4 cm³/mol. The van der Waals surface area contributed by atoms with Crippen LogP contribution in [0.1, 0.15) is 26.2 Å². The topological polar surface area (TPSA) is 0 Å². The molecule has 0 N–H and O–H groups in total. The predicted octanol–water partition coefficient (Wildman–Crippen LogP) is 2.05. The van der Waals surface area contributed by atoms with Crippen LogP contribution < -0.4 is 0 Å². The third-order valence-corrected chi connectivity index (χ3v) is 3.82. The van der Waals surface area contributed by atoms with Crippen LogP contribution in [0.25, 0.3) is 0 Å². The highest BCUT2D eigenvalue weighted by atomic mass is 14.7. The molecule has 0 spiro atoms. The van der Waals surface area contributed by atoms with Crippen LogP contribution in [0.15, 0.2) is 0 Å². The van der Waals surface area contributed by atoms with E-state index in [1.54, 1.807) is 19.3 Å². The van der Waals surface area contributed by atoms with Gasteiger partial charge in [-0.3, -0.25) is 0 Å². The summed E-state index contributed by atoms with van der Waals surface area (Å²) in [5.41, 5.74) is 0.894. The van der Waals surface area contributed by atoms with Crippen LogP contribution in [-0.2, 0) is 0 Å². The van der Waals surface area contributed by atoms with Gasteiger partial charge in [0, 0.05) is 0 Å². The van der Waals surface area contributed by atoms with Gasteiger partial charge in [-0.05, 0) is 42.4 Å². The van der Waals surface area contributed by atoms with Crippen LogP contribution in [0, 0.1) is 23.2 Å². The van der Waals surface area contributed by atoms with Gasteiger partial charge in [0.1, 0.15) is 0 Å². The summed E-state index contributed by atoms with van der Waals surface area (Å²) in [6.07, 6.45) is 4.77. The molecule has 0 aromatic heterocycles. The van der Waals surface area contributed by atoms with Gasteiger partial charge in [0.25, 0.3) is 0 Å². The zero-order chi connectivity index (χ0) is 5.35. The van der Waals surface area contributed by atoms with E-state index in [-0.39, 0.29) is 0 Å². The minimum Gasteiger partial charge on any atom is -0.0591 e. The fourth-order valence-electron chi connectivity index (χ4n) is 2.96. The van der Waals surface area contributed by atoms with E-state index in [0.29, 0.717) is 0 Å². The molecular formula is C8H12. The Hall–Kier alpha value is 0. The van der Waals surface area contributed by atoms with Crippen molar-refractivity contribution in [3.8, 4) is 0 Å². The summed E-state index contributed by atoms with van der Waals surface area (Å²) in [7, 11) is 0. The van der Waals surface area contributed by atoms with Gasteiger partial charge in [-0.15, -0.1) is 0 Å². The fraction of sp³-hybridized carbons (Fsp3) is 1.00. The molecule has 0 amide bonds. The molecule has 0 aliphatic heterocycles. The molecule has 8 heavy (non-hydrogen) atoms. The molecule has 3 rings (SSSR count). The maximum atomic E-state index is 2.50. The van der Waals surface area contributed by atoms with Crippen molar-refractivity contribution in [2.24, 2.45) is 23.2 Å². The largest absolute Gasteiger partial charge is 0.0591 e. The van der Waals surface area contributed by atoms with Gasteiger partial charge in [-0.25, -0.2) is 0 Å². The lowest BCUT2D eigenvalue weighted by atomic mass is 10.0. The Morgan fingerprint density at radius 1 is 1.38 bits per heavy atom. The van der Waals surface area contributed by atoms with Gasteiger partial charge < -0.3 is 0 Å². The minimum atomic E-state index is 0.894. The maximum Gasteiger partial charge on any atom is -0.0263 e. The van der Waals surface area contributed by atoms with Crippen molar-refractivity contribution in [3.05, 3.63) is 0 Å². The molecule has 3 saturated carbocycles. The molecule has 4 atom stereocenters. The second kappa shape index (κ2) is 0.778. The molecular weight excluding hydrogens is 96.1 g/mol. The quantitative estimate of drug-likeness (QED) is 0.445. The zero-order valence-corrected chi connectivity index (χ0v) is 5.35. The van der Waals surface area contributed by atoms with Gasteiger partial charge in [0.2, 0.25) is 0 Å². The molecule has 0 heteroatoms. The minimum absolute atomic E-state index is 0.894. The van der Waals surface area contributed by atoms with E-state index in [1.165, 1.54) is 17.8 Å². The molecule has 0 aromatic rings. The van der Waals surface area contributed by atoms with E-state index in [0.717, 1.165) is 5.41 Å². The normalized spacial score (nSPS) is 73.9. The van der Waals surface area contributed by atoms with E-state index in [2.05, 4.69) is 6.92 Å². The van der Waals surface area contributed by atoms with Crippen LogP contribution in [0.3, 0.4) is 0 Å². The highest BCUT2D eigenvalue weighted by Gasteiger charge is 2.69. The average molecular weight is 108 g/mol. The van der Waals surface area contributed by atoms with Crippen LogP contribution in [0.5, 0.6) is 0 Å². The first-order valence-corrected chi connectivity index (χ1v) is 3.81. The molecule has 0 heterocycles. The Bertz CT molecular complexity index is 150. The molecule has 0 saturated heterocycles. The Kier molecular flexibility index (Phi) is 0.381. The third kappa shape index (κ3) is 0.240. The van der Waals surface area contributed by atoms with Crippen LogP contribution in [0.2, 0.25) is 0 Å². The molecule has 44 valence electrons. The fourth-order valence-corrected chi connectivity index (χ4v) is 2.96. The van der Waals surface area contributed by atoms with E-state index >= 15 is 0 Å². The van der Waals surface area contributed by atoms with Gasteiger partial charge in [-0.1, -0.05) is 6.92 Å². The second-order valence-electron chi connectivity index (χ2n) is 4.24. The Morgan fingerprint density at radius 3 is 2.62 bits per heavy atom. The third-order valence-electron chi connectivity index (χ3n) is 3.82.